The fraction of sp³-hybridized carbons (Fsp3) is 1.00. The lowest BCUT2D eigenvalue weighted by molar-refractivity contribution is -0.142. The first-order valence-corrected chi connectivity index (χ1v) is 7.03. The minimum Gasteiger partial charge on any atom is -0.351 e. The standard InChI is InChI=1S/C13H27ClO2/c1-4-6-8-10-15-13(12(3)14)16-11-9-7-5-2/h12-13H,4-11H2,1-3H3. The highest BCUT2D eigenvalue weighted by molar-refractivity contribution is 6.20. The van der Waals surface area contributed by atoms with Crippen molar-refractivity contribution in [1.29, 1.82) is 0 Å². The molecule has 0 aliphatic heterocycles. The SMILES string of the molecule is CCCCCOC(OCCCCC)C(C)Cl. The molecular weight excluding hydrogens is 224 g/mol. The summed E-state index contributed by atoms with van der Waals surface area (Å²) in [4.78, 5) is 0. The number of alkyl halides is 1. The Bertz CT molecular complexity index is 128. The highest BCUT2D eigenvalue weighted by atomic mass is 35.5. The number of unbranched alkanes of at least 4 members (excludes halogenated alkanes) is 4. The summed E-state index contributed by atoms with van der Waals surface area (Å²) >= 11 is 6.02. The normalized spacial score (nSPS) is 13.3. The van der Waals surface area contributed by atoms with Gasteiger partial charge in [-0.3, -0.25) is 0 Å². The summed E-state index contributed by atoms with van der Waals surface area (Å²) in [6, 6.07) is 0. The van der Waals surface area contributed by atoms with E-state index in [4.69, 9.17) is 21.1 Å². The molecule has 0 radical (unpaired) electrons. The first-order valence-electron chi connectivity index (χ1n) is 6.59. The predicted molar refractivity (Wildman–Crippen MR) is 70.1 cm³/mol. The molecule has 2 nitrogen and oxygen atoms in total. The van der Waals surface area contributed by atoms with Crippen molar-refractivity contribution in [3.05, 3.63) is 0 Å². The quantitative estimate of drug-likeness (QED) is 0.308. The third kappa shape index (κ3) is 9.44. The van der Waals surface area contributed by atoms with Crippen LogP contribution in [0.15, 0.2) is 0 Å². The van der Waals surface area contributed by atoms with Crippen LogP contribution in [0.5, 0.6) is 0 Å². The van der Waals surface area contributed by atoms with Gasteiger partial charge in [0.2, 0.25) is 0 Å². The van der Waals surface area contributed by atoms with Gasteiger partial charge < -0.3 is 9.47 Å². The molecule has 0 heterocycles. The fourth-order valence-electron chi connectivity index (χ4n) is 1.42. The molecule has 0 N–H and O–H groups in total. The van der Waals surface area contributed by atoms with Gasteiger partial charge >= 0.3 is 0 Å². The Balaban J connectivity index is 3.54. The monoisotopic (exact) mass is 250 g/mol. The van der Waals surface area contributed by atoms with Crippen molar-refractivity contribution in [2.75, 3.05) is 13.2 Å². The summed E-state index contributed by atoms with van der Waals surface area (Å²) in [6.45, 7) is 7.80. The van der Waals surface area contributed by atoms with Gasteiger partial charge in [0.15, 0.2) is 6.29 Å². The molecule has 0 aromatic heterocycles. The second kappa shape index (κ2) is 11.7. The molecule has 0 aromatic rings. The lowest BCUT2D eigenvalue weighted by atomic mass is 10.3. The molecule has 0 amide bonds. The van der Waals surface area contributed by atoms with E-state index < -0.39 is 0 Å². The van der Waals surface area contributed by atoms with Crippen LogP contribution in [0.1, 0.15) is 59.3 Å². The van der Waals surface area contributed by atoms with Gasteiger partial charge in [-0.05, 0) is 19.8 Å². The second-order valence-electron chi connectivity index (χ2n) is 4.20. The molecule has 0 bridgehead atoms. The zero-order valence-electron chi connectivity index (χ0n) is 11.0. The van der Waals surface area contributed by atoms with Gasteiger partial charge in [0.05, 0.1) is 5.38 Å². The first kappa shape index (κ1) is 16.2. The minimum absolute atomic E-state index is 0.0803. The van der Waals surface area contributed by atoms with Crippen LogP contribution in [0.2, 0.25) is 0 Å². The van der Waals surface area contributed by atoms with Crippen molar-refractivity contribution in [3.63, 3.8) is 0 Å². The zero-order valence-corrected chi connectivity index (χ0v) is 11.8. The van der Waals surface area contributed by atoms with Crippen LogP contribution in [0.3, 0.4) is 0 Å². The van der Waals surface area contributed by atoms with E-state index in [9.17, 15) is 0 Å². The predicted octanol–water partition coefficient (Wildman–Crippen LogP) is 4.35. The molecule has 1 atom stereocenters. The first-order chi connectivity index (χ1) is 7.72. The van der Waals surface area contributed by atoms with Crippen LogP contribution in [-0.4, -0.2) is 24.9 Å². The van der Waals surface area contributed by atoms with E-state index in [1.54, 1.807) is 0 Å². The largest absolute Gasteiger partial charge is 0.351 e. The molecule has 0 aliphatic rings. The van der Waals surface area contributed by atoms with Crippen molar-refractivity contribution in [2.24, 2.45) is 0 Å². The summed E-state index contributed by atoms with van der Waals surface area (Å²) in [5.74, 6) is 0. The smallest absolute Gasteiger partial charge is 0.173 e. The number of rotatable bonds is 11. The fourth-order valence-corrected chi connectivity index (χ4v) is 1.56. The average Bonchev–Trinajstić information content (AvgIpc) is 2.26. The average molecular weight is 251 g/mol. The van der Waals surface area contributed by atoms with Crippen LogP contribution in [-0.2, 0) is 9.47 Å². The van der Waals surface area contributed by atoms with Gasteiger partial charge in [0.1, 0.15) is 0 Å². The van der Waals surface area contributed by atoms with Crippen LogP contribution >= 0.6 is 11.6 Å². The van der Waals surface area contributed by atoms with E-state index in [1.807, 2.05) is 6.92 Å². The van der Waals surface area contributed by atoms with Crippen molar-refractivity contribution < 1.29 is 9.47 Å². The maximum atomic E-state index is 6.02. The van der Waals surface area contributed by atoms with Gasteiger partial charge in [0, 0.05) is 13.2 Å². The van der Waals surface area contributed by atoms with Gasteiger partial charge in [0.25, 0.3) is 0 Å². The van der Waals surface area contributed by atoms with E-state index in [0.29, 0.717) is 0 Å². The molecule has 1 unspecified atom stereocenters. The van der Waals surface area contributed by atoms with Gasteiger partial charge in [-0.2, -0.15) is 0 Å². The van der Waals surface area contributed by atoms with Crippen molar-refractivity contribution in [1.82, 2.24) is 0 Å². The van der Waals surface area contributed by atoms with E-state index >= 15 is 0 Å². The Hall–Kier alpha value is 0.210. The Kier molecular flexibility index (Phi) is 11.8. The topological polar surface area (TPSA) is 18.5 Å². The number of ether oxygens (including phenoxy) is 2. The molecule has 98 valence electrons. The van der Waals surface area contributed by atoms with E-state index in [-0.39, 0.29) is 11.7 Å². The van der Waals surface area contributed by atoms with Crippen LogP contribution < -0.4 is 0 Å². The van der Waals surface area contributed by atoms with Crippen molar-refractivity contribution in [2.45, 2.75) is 71.0 Å². The number of hydrogen-bond donors (Lipinski definition) is 0. The molecule has 0 saturated heterocycles. The summed E-state index contributed by atoms with van der Waals surface area (Å²) in [5.41, 5.74) is 0. The maximum absolute atomic E-state index is 6.02. The van der Waals surface area contributed by atoms with E-state index in [0.717, 1.165) is 26.1 Å². The van der Waals surface area contributed by atoms with Gasteiger partial charge in [-0.25, -0.2) is 0 Å². The van der Waals surface area contributed by atoms with Crippen molar-refractivity contribution in [3.8, 4) is 0 Å². The van der Waals surface area contributed by atoms with Crippen LogP contribution in [0, 0.1) is 0 Å². The summed E-state index contributed by atoms with van der Waals surface area (Å²) in [5, 5.41) is -0.0803. The molecule has 3 heteroatoms. The van der Waals surface area contributed by atoms with E-state index in [1.165, 1.54) is 25.7 Å². The third-order valence-electron chi connectivity index (χ3n) is 2.44. The molecule has 0 fully saturated rings. The lowest BCUT2D eigenvalue weighted by Gasteiger charge is -2.20. The number of hydrogen-bond acceptors (Lipinski definition) is 2. The second-order valence-corrected chi connectivity index (χ2v) is 4.89. The Morgan fingerprint density at radius 3 is 1.62 bits per heavy atom. The lowest BCUT2D eigenvalue weighted by Crippen LogP contribution is -2.26. The van der Waals surface area contributed by atoms with Crippen LogP contribution in [0.4, 0.5) is 0 Å². The minimum atomic E-state index is -0.240. The summed E-state index contributed by atoms with van der Waals surface area (Å²) in [6.07, 6.45) is 6.78. The maximum Gasteiger partial charge on any atom is 0.173 e. The molecule has 0 rings (SSSR count). The highest BCUT2D eigenvalue weighted by Gasteiger charge is 2.15. The van der Waals surface area contributed by atoms with Crippen LogP contribution in [0.25, 0.3) is 0 Å². The molecule has 16 heavy (non-hydrogen) atoms. The Morgan fingerprint density at radius 2 is 1.31 bits per heavy atom. The Labute approximate surface area is 106 Å². The van der Waals surface area contributed by atoms with Gasteiger partial charge in [-0.1, -0.05) is 39.5 Å². The third-order valence-corrected chi connectivity index (χ3v) is 2.64. The molecular formula is C13H27ClO2. The molecule has 0 aromatic carbocycles. The number of halogens is 1. The molecule has 0 aliphatic carbocycles. The van der Waals surface area contributed by atoms with E-state index in [2.05, 4.69) is 13.8 Å². The molecule has 0 saturated carbocycles. The Morgan fingerprint density at radius 1 is 0.875 bits per heavy atom. The highest BCUT2D eigenvalue weighted by Crippen LogP contribution is 2.10. The van der Waals surface area contributed by atoms with Crippen molar-refractivity contribution >= 4 is 11.6 Å². The molecule has 0 spiro atoms. The van der Waals surface area contributed by atoms with Gasteiger partial charge in [-0.15, -0.1) is 11.6 Å². The summed E-state index contributed by atoms with van der Waals surface area (Å²) < 4.78 is 11.3. The summed E-state index contributed by atoms with van der Waals surface area (Å²) in [7, 11) is 0. The zero-order chi connectivity index (χ0) is 12.2.